The summed E-state index contributed by atoms with van der Waals surface area (Å²) in [6.07, 6.45) is 2.03. The van der Waals surface area contributed by atoms with Gasteiger partial charge in [-0.15, -0.1) is 0 Å². The van der Waals surface area contributed by atoms with Crippen LogP contribution in [0.5, 0.6) is 0 Å². The Kier molecular flexibility index (Phi) is 3.85. The zero-order valence-corrected chi connectivity index (χ0v) is 12.4. The van der Waals surface area contributed by atoms with Crippen molar-refractivity contribution >= 4 is 16.1 Å². The number of benzene rings is 1. The summed E-state index contributed by atoms with van der Waals surface area (Å²) in [6.45, 7) is 5.31. The average Bonchev–Trinajstić information content (AvgIpc) is 2.66. The van der Waals surface area contributed by atoms with Gasteiger partial charge in [0.25, 0.3) is 10.0 Å². The van der Waals surface area contributed by atoms with E-state index in [1.807, 2.05) is 6.92 Å². The van der Waals surface area contributed by atoms with Crippen molar-refractivity contribution in [2.75, 3.05) is 0 Å². The van der Waals surface area contributed by atoms with Crippen LogP contribution in [0.4, 0.5) is 4.79 Å². The van der Waals surface area contributed by atoms with E-state index in [2.05, 4.69) is 0 Å². The van der Waals surface area contributed by atoms with Crippen LogP contribution in [0.3, 0.4) is 0 Å². The molecule has 0 spiro atoms. The molecule has 2 rings (SSSR count). The minimum Gasteiger partial charge on any atom is -0.443 e. The molecule has 6 heteroatoms. The van der Waals surface area contributed by atoms with Crippen molar-refractivity contribution in [1.82, 2.24) is 4.31 Å². The summed E-state index contributed by atoms with van der Waals surface area (Å²) in [5, 5.41) is 0. The van der Waals surface area contributed by atoms with Crippen LogP contribution in [0.1, 0.15) is 19.4 Å². The van der Waals surface area contributed by atoms with E-state index in [1.54, 1.807) is 38.1 Å². The Morgan fingerprint density at radius 1 is 1.25 bits per heavy atom. The highest BCUT2D eigenvalue weighted by Gasteiger charge is 2.45. The molecule has 1 amide bonds. The average molecular weight is 295 g/mol. The van der Waals surface area contributed by atoms with Crippen LogP contribution in [-0.4, -0.2) is 31.0 Å². The number of carbonyl (C=O) groups excluding carboxylic acids is 1. The Hall–Kier alpha value is -1.82. The third-order valence-electron chi connectivity index (χ3n) is 3.19. The molecule has 0 unspecified atom stereocenters. The van der Waals surface area contributed by atoms with Gasteiger partial charge >= 0.3 is 6.09 Å². The van der Waals surface area contributed by atoms with Crippen molar-refractivity contribution in [2.45, 2.75) is 37.8 Å². The van der Waals surface area contributed by atoms with Crippen molar-refractivity contribution in [3.8, 4) is 0 Å². The predicted molar refractivity (Wildman–Crippen MR) is 74.7 cm³/mol. The minimum absolute atomic E-state index is 0.0867. The number of aryl methyl sites for hydroxylation is 1. The first-order valence-electron chi connectivity index (χ1n) is 6.32. The van der Waals surface area contributed by atoms with Gasteiger partial charge in [-0.2, -0.15) is 4.31 Å². The SMILES string of the molecule is C/C=C/[C@H]1[C@H](C)OC(=O)N1S(=O)(=O)c1ccc(C)cc1. The van der Waals surface area contributed by atoms with E-state index in [0.717, 1.165) is 9.87 Å². The maximum atomic E-state index is 12.6. The normalized spacial score (nSPS) is 23.4. The molecule has 0 bridgehead atoms. The summed E-state index contributed by atoms with van der Waals surface area (Å²) in [5.41, 5.74) is 0.950. The number of allylic oxidation sites excluding steroid dienone is 1. The van der Waals surface area contributed by atoms with Gasteiger partial charge in [-0.25, -0.2) is 13.2 Å². The topological polar surface area (TPSA) is 63.7 Å². The van der Waals surface area contributed by atoms with Gasteiger partial charge in [0, 0.05) is 0 Å². The molecule has 1 aliphatic heterocycles. The molecular formula is C14H17NO4S. The lowest BCUT2D eigenvalue weighted by molar-refractivity contribution is 0.142. The lowest BCUT2D eigenvalue weighted by Gasteiger charge is -2.20. The molecule has 108 valence electrons. The highest BCUT2D eigenvalue weighted by Crippen LogP contribution is 2.28. The summed E-state index contributed by atoms with van der Waals surface area (Å²) in [6, 6.07) is 5.77. The first kappa shape index (κ1) is 14.6. The highest BCUT2D eigenvalue weighted by atomic mass is 32.2. The van der Waals surface area contributed by atoms with Crippen LogP contribution < -0.4 is 0 Å². The molecule has 0 aromatic heterocycles. The first-order valence-corrected chi connectivity index (χ1v) is 7.76. The van der Waals surface area contributed by atoms with Crippen LogP contribution >= 0.6 is 0 Å². The number of hydrogen-bond acceptors (Lipinski definition) is 4. The zero-order valence-electron chi connectivity index (χ0n) is 11.6. The van der Waals surface area contributed by atoms with Crippen molar-refractivity contribution in [2.24, 2.45) is 0 Å². The molecule has 0 radical (unpaired) electrons. The van der Waals surface area contributed by atoms with Crippen molar-refractivity contribution in [3.63, 3.8) is 0 Å². The Morgan fingerprint density at radius 3 is 2.40 bits per heavy atom. The van der Waals surface area contributed by atoms with Gasteiger partial charge in [0.15, 0.2) is 0 Å². The number of rotatable bonds is 3. The quantitative estimate of drug-likeness (QED) is 0.804. The fraction of sp³-hybridized carbons (Fsp3) is 0.357. The molecule has 1 aromatic carbocycles. The van der Waals surface area contributed by atoms with Crippen molar-refractivity contribution in [1.29, 1.82) is 0 Å². The Labute approximate surface area is 118 Å². The minimum atomic E-state index is -3.90. The van der Waals surface area contributed by atoms with Crippen LogP contribution in [0.25, 0.3) is 0 Å². The molecule has 5 nitrogen and oxygen atoms in total. The molecule has 1 saturated heterocycles. The second kappa shape index (κ2) is 5.28. The van der Waals surface area contributed by atoms with E-state index in [1.165, 1.54) is 12.1 Å². The molecule has 20 heavy (non-hydrogen) atoms. The van der Waals surface area contributed by atoms with Gasteiger partial charge in [0.05, 0.1) is 4.90 Å². The molecular weight excluding hydrogens is 278 g/mol. The number of nitrogens with zero attached hydrogens (tertiary/aromatic N) is 1. The molecule has 0 aliphatic carbocycles. The van der Waals surface area contributed by atoms with Gasteiger partial charge in [-0.1, -0.05) is 29.8 Å². The fourth-order valence-electron chi connectivity index (χ4n) is 2.11. The van der Waals surface area contributed by atoms with E-state index in [0.29, 0.717) is 0 Å². The lowest BCUT2D eigenvalue weighted by atomic mass is 10.2. The molecule has 1 heterocycles. The highest BCUT2D eigenvalue weighted by molar-refractivity contribution is 7.89. The van der Waals surface area contributed by atoms with E-state index < -0.39 is 28.3 Å². The Morgan fingerprint density at radius 2 is 1.85 bits per heavy atom. The largest absolute Gasteiger partial charge is 0.443 e. The van der Waals surface area contributed by atoms with Crippen LogP contribution in [0.2, 0.25) is 0 Å². The second-order valence-corrected chi connectivity index (χ2v) is 6.53. The van der Waals surface area contributed by atoms with E-state index in [-0.39, 0.29) is 4.90 Å². The fourth-order valence-corrected chi connectivity index (χ4v) is 3.62. The maximum Gasteiger partial charge on any atom is 0.424 e. The number of carbonyl (C=O) groups is 1. The van der Waals surface area contributed by atoms with Crippen molar-refractivity contribution in [3.05, 3.63) is 42.0 Å². The van der Waals surface area contributed by atoms with Gasteiger partial charge in [0.1, 0.15) is 12.1 Å². The standard InChI is InChI=1S/C14H17NO4S/c1-4-5-13-11(3)19-14(16)15(13)20(17,18)12-8-6-10(2)7-9-12/h4-9,11,13H,1-3H3/b5-4+/t11-,13-/m0/s1. The number of sulfonamides is 1. The third kappa shape index (κ3) is 2.43. The Bertz CT molecular complexity index is 634. The number of hydrogen-bond donors (Lipinski definition) is 0. The van der Waals surface area contributed by atoms with Crippen LogP contribution in [-0.2, 0) is 14.8 Å². The summed E-state index contributed by atoms with van der Waals surface area (Å²) in [7, 11) is -3.90. The number of cyclic esters (lactones) is 1. The molecule has 0 saturated carbocycles. The van der Waals surface area contributed by atoms with Gasteiger partial charge in [0.2, 0.25) is 0 Å². The van der Waals surface area contributed by atoms with Gasteiger partial charge < -0.3 is 4.74 Å². The summed E-state index contributed by atoms with van der Waals surface area (Å²) in [5.74, 6) is 0. The van der Waals surface area contributed by atoms with Crippen LogP contribution in [0, 0.1) is 6.92 Å². The maximum absolute atomic E-state index is 12.6. The predicted octanol–water partition coefficient (Wildman–Crippen LogP) is 2.47. The Balaban J connectivity index is 2.46. The molecule has 1 aromatic rings. The van der Waals surface area contributed by atoms with Crippen molar-refractivity contribution < 1.29 is 17.9 Å². The zero-order chi connectivity index (χ0) is 14.9. The summed E-state index contributed by atoms with van der Waals surface area (Å²) in [4.78, 5) is 11.9. The van der Waals surface area contributed by atoms with Gasteiger partial charge in [-0.3, -0.25) is 0 Å². The van der Waals surface area contributed by atoms with E-state index >= 15 is 0 Å². The first-order chi connectivity index (χ1) is 9.37. The van der Waals surface area contributed by atoms with E-state index in [9.17, 15) is 13.2 Å². The molecule has 0 N–H and O–H groups in total. The van der Waals surface area contributed by atoms with Crippen LogP contribution in [0.15, 0.2) is 41.3 Å². The van der Waals surface area contributed by atoms with E-state index in [4.69, 9.17) is 4.74 Å². The second-order valence-electron chi connectivity index (χ2n) is 4.72. The summed E-state index contributed by atoms with van der Waals surface area (Å²) >= 11 is 0. The molecule has 2 atom stereocenters. The monoisotopic (exact) mass is 295 g/mol. The smallest absolute Gasteiger partial charge is 0.424 e. The third-order valence-corrected chi connectivity index (χ3v) is 4.96. The molecule has 1 fully saturated rings. The lowest BCUT2D eigenvalue weighted by Crippen LogP contribution is -2.39. The number of ether oxygens (including phenoxy) is 1. The number of amides is 1. The molecule has 1 aliphatic rings. The van der Waals surface area contributed by atoms with Gasteiger partial charge in [-0.05, 0) is 32.9 Å². The summed E-state index contributed by atoms with van der Waals surface area (Å²) < 4.78 is 31.0.